The number of nitrogens with one attached hydrogen (secondary N) is 3. The Hall–Kier alpha value is -2.90. The number of fused-ring (bicyclic) bond motifs is 1. The smallest absolute Gasteiger partial charge is 0.262 e. The van der Waals surface area contributed by atoms with E-state index >= 15 is 0 Å². The first-order chi connectivity index (χ1) is 14.2. The summed E-state index contributed by atoms with van der Waals surface area (Å²) in [5.74, 6) is 0.295. The maximum absolute atomic E-state index is 13.1. The summed E-state index contributed by atoms with van der Waals surface area (Å²) < 4.78 is 14.9. The number of nitrogens with zero attached hydrogens (tertiary/aromatic N) is 3. The molecule has 3 heterocycles. The molecule has 1 amide bonds. The van der Waals surface area contributed by atoms with Crippen LogP contribution in [0, 0.1) is 11.2 Å². The van der Waals surface area contributed by atoms with Gasteiger partial charge in [0.05, 0.1) is 11.9 Å². The van der Waals surface area contributed by atoms with E-state index in [0.717, 1.165) is 24.1 Å². The molecule has 3 aromatic rings. The molecular formula is C23H33FN6O. The van der Waals surface area contributed by atoms with Gasteiger partial charge >= 0.3 is 0 Å². The minimum absolute atomic E-state index is 0.144. The number of hydrogen-bond donors (Lipinski definition) is 3. The van der Waals surface area contributed by atoms with Crippen molar-refractivity contribution in [2.75, 3.05) is 10.6 Å². The van der Waals surface area contributed by atoms with E-state index in [2.05, 4.69) is 76.1 Å². The van der Waals surface area contributed by atoms with Gasteiger partial charge in [-0.1, -0.05) is 41.5 Å². The highest BCUT2D eigenvalue weighted by Gasteiger charge is 2.32. The number of carbonyl (C=O) groups is 1. The summed E-state index contributed by atoms with van der Waals surface area (Å²) in [6, 6.07) is 2.67. The van der Waals surface area contributed by atoms with Gasteiger partial charge in [0.25, 0.3) is 5.91 Å². The van der Waals surface area contributed by atoms with Crippen molar-refractivity contribution in [2.45, 2.75) is 72.8 Å². The van der Waals surface area contributed by atoms with Gasteiger partial charge in [-0.15, -0.1) is 0 Å². The molecule has 168 valence electrons. The van der Waals surface area contributed by atoms with Gasteiger partial charge in [0.2, 0.25) is 0 Å². The van der Waals surface area contributed by atoms with Crippen LogP contribution in [-0.2, 0) is 5.41 Å². The second kappa shape index (κ2) is 7.66. The lowest BCUT2D eigenvalue weighted by molar-refractivity contribution is 0.102. The fraction of sp³-hybridized carbons (Fsp3) is 0.522. The van der Waals surface area contributed by atoms with Crippen molar-refractivity contribution < 1.29 is 9.18 Å². The molecule has 31 heavy (non-hydrogen) atoms. The van der Waals surface area contributed by atoms with Gasteiger partial charge < -0.3 is 10.6 Å². The molecule has 3 N–H and O–H groups in total. The van der Waals surface area contributed by atoms with E-state index in [1.54, 1.807) is 6.20 Å². The van der Waals surface area contributed by atoms with Gasteiger partial charge in [0.15, 0.2) is 11.5 Å². The molecule has 0 bridgehead atoms. The summed E-state index contributed by atoms with van der Waals surface area (Å²) >= 11 is 0. The van der Waals surface area contributed by atoms with E-state index in [4.69, 9.17) is 4.98 Å². The largest absolute Gasteiger partial charge is 0.364 e. The standard InChI is InChI=1S/C23H33FN6O/c1-21(2,3)13-23(7,8)29-19-17(22(4,5)6)28-18-15(12-26-30(18)19)20(31)27-16-10-9-14(24)11-25-16/h9-12,26,29H,13H2,1-8H3,(H,25,27,31). The van der Waals surface area contributed by atoms with E-state index in [1.165, 1.54) is 12.1 Å². The van der Waals surface area contributed by atoms with Crippen molar-refractivity contribution in [3.05, 3.63) is 41.6 Å². The Morgan fingerprint density at radius 1 is 1.13 bits per heavy atom. The van der Waals surface area contributed by atoms with E-state index in [-0.39, 0.29) is 28.1 Å². The molecule has 0 unspecified atom stereocenters. The Labute approximate surface area is 182 Å². The number of aromatic nitrogens is 4. The highest BCUT2D eigenvalue weighted by atomic mass is 19.1. The first-order valence-electron chi connectivity index (χ1n) is 10.5. The maximum Gasteiger partial charge on any atom is 0.262 e. The molecule has 0 aliphatic heterocycles. The van der Waals surface area contributed by atoms with Crippen LogP contribution in [-0.4, -0.2) is 31.0 Å². The zero-order valence-corrected chi connectivity index (χ0v) is 19.6. The SMILES string of the molecule is CC(C)(C)CC(C)(C)Nc1c(C(C)(C)C)nc2c(C(=O)Nc3ccc(F)cn3)c[nH]n12. The summed E-state index contributed by atoms with van der Waals surface area (Å²) in [6.45, 7) is 17.3. The van der Waals surface area contributed by atoms with Crippen LogP contribution in [0.5, 0.6) is 0 Å². The molecule has 8 heteroatoms. The minimum Gasteiger partial charge on any atom is -0.364 e. The number of hydrogen-bond acceptors (Lipinski definition) is 4. The predicted octanol–water partition coefficient (Wildman–Crippen LogP) is 5.37. The van der Waals surface area contributed by atoms with E-state index in [0.29, 0.717) is 11.2 Å². The number of carbonyl (C=O) groups excluding carboxylic acids is 1. The topological polar surface area (TPSA) is 87.1 Å². The molecule has 0 atom stereocenters. The third-order valence-corrected chi connectivity index (χ3v) is 4.81. The maximum atomic E-state index is 13.1. The molecule has 0 saturated heterocycles. The zero-order chi connectivity index (χ0) is 23.2. The van der Waals surface area contributed by atoms with Crippen molar-refractivity contribution in [3.8, 4) is 0 Å². The normalized spacial score (nSPS) is 12.9. The summed E-state index contributed by atoms with van der Waals surface area (Å²) in [7, 11) is 0. The molecule has 7 nitrogen and oxygen atoms in total. The van der Waals surface area contributed by atoms with Crippen molar-refractivity contribution in [2.24, 2.45) is 5.41 Å². The summed E-state index contributed by atoms with van der Waals surface area (Å²) in [5, 5.41) is 9.53. The van der Waals surface area contributed by atoms with Gasteiger partial charge in [-0.3, -0.25) is 9.89 Å². The van der Waals surface area contributed by atoms with Crippen molar-refractivity contribution in [1.29, 1.82) is 0 Å². The number of rotatable bonds is 5. The fourth-order valence-electron chi connectivity index (χ4n) is 4.05. The molecule has 0 saturated carbocycles. The van der Waals surface area contributed by atoms with Crippen molar-refractivity contribution in [1.82, 2.24) is 19.6 Å². The van der Waals surface area contributed by atoms with Crippen LogP contribution in [0.15, 0.2) is 24.5 Å². The Morgan fingerprint density at radius 3 is 2.35 bits per heavy atom. The minimum atomic E-state index is -0.460. The average Bonchev–Trinajstić information content (AvgIpc) is 3.14. The van der Waals surface area contributed by atoms with E-state index < -0.39 is 5.82 Å². The Morgan fingerprint density at radius 2 is 1.81 bits per heavy atom. The lowest BCUT2D eigenvalue weighted by Crippen LogP contribution is -2.36. The Bertz CT molecular complexity index is 1080. The predicted molar refractivity (Wildman–Crippen MR) is 122 cm³/mol. The van der Waals surface area contributed by atoms with Crippen LogP contribution in [0.2, 0.25) is 0 Å². The molecule has 3 rings (SSSR count). The van der Waals surface area contributed by atoms with E-state index in [1.807, 2.05) is 4.52 Å². The highest BCUT2D eigenvalue weighted by Crippen LogP contribution is 2.35. The monoisotopic (exact) mass is 428 g/mol. The van der Waals surface area contributed by atoms with Gasteiger partial charge in [0, 0.05) is 17.2 Å². The summed E-state index contributed by atoms with van der Waals surface area (Å²) in [5.41, 5.74) is 1.50. The molecule has 0 aliphatic carbocycles. The molecular weight excluding hydrogens is 395 g/mol. The Balaban J connectivity index is 2.00. The van der Waals surface area contributed by atoms with Gasteiger partial charge in [-0.2, -0.15) is 0 Å². The molecule has 3 aromatic heterocycles. The average molecular weight is 429 g/mol. The molecule has 0 spiro atoms. The number of anilines is 2. The number of aromatic amines is 1. The number of imidazole rings is 1. The molecule has 0 aromatic carbocycles. The third-order valence-electron chi connectivity index (χ3n) is 4.81. The third kappa shape index (κ3) is 5.24. The lowest BCUT2D eigenvalue weighted by Gasteiger charge is -2.34. The molecule has 0 fully saturated rings. The van der Waals surface area contributed by atoms with Crippen molar-refractivity contribution in [3.63, 3.8) is 0 Å². The quantitative estimate of drug-likeness (QED) is 0.510. The zero-order valence-electron chi connectivity index (χ0n) is 19.6. The fourth-order valence-corrected chi connectivity index (χ4v) is 4.05. The van der Waals surface area contributed by atoms with E-state index in [9.17, 15) is 9.18 Å². The number of pyridine rings is 1. The number of halogens is 1. The second-order valence-electron chi connectivity index (χ2n) is 11.0. The van der Waals surface area contributed by atoms with Crippen LogP contribution in [0.4, 0.5) is 16.0 Å². The Kier molecular flexibility index (Phi) is 5.63. The molecule has 0 radical (unpaired) electrons. The number of H-pyrrole nitrogens is 1. The van der Waals surface area contributed by atoms with Crippen LogP contribution in [0.3, 0.4) is 0 Å². The second-order valence-corrected chi connectivity index (χ2v) is 11.0. The lowest BCUT2D eigenvalue weighted by atomic mass is 9.81. The van der Waals surface area contributed by atoms with Gasteiger partial charge in [-0.25, -0.2) is 18.9 Å². The summed E-state index contributed by atoms with van der Waals surface area (Å²) in [4.78, 5) is 21.6. The summed E-state index contributed by atoms with van der Waals surface area (Å²) in [6.07, 6.45) is 3.63. The van der Waals surface area contributed by atoms with Crippen LogP contribution in [0.1, 0.15) is 77.9 Å². The van der Waals surface area contributed by atoms with Gasteiger partial charge in [0.1, 0.15) is 17.2 Å². The molecule has 0 aliphatic rings. The van der Waals surface area contributed by atoms with Crippen molar-refractivity contribution >= 4 is 23.2 Å². The van der Waals surface area contributed by atoms with Crippen LogP contribution >= 0.6 is 0 Å². The first-order valence-corrected chi connectivity index (χ1v) is 10.5. The number of amides is 1. The highest BCUT2D eigenvalue weighted by molar-refractivity contribution is 6.08. The first kappa shape index (κ1) is 22.8. The van der Waals surface area contributed by atoms with Crippen LogP contribution < -0.4 is 10.6 Å². The van der Waals surface area contributed by atoms with Gasteiger partial charge in [-0.05, 0) is 37.8 Å². The van der Waals surface area contributed by atoms with Crippen LogP contribution in [0.25, 0.3) is 5.65 Å².